The van der Waals surface area contributed by atoms with Gasteiger partial charge in [0.15, 0.2) is 0 Å². The van der Waals surface area contributed by atoms with Crippen molar-refractivity contribution in [1.29, 1.82) is 0 Å². The lowest BCUT2D eigenvalue weighted by atomic mass is 10.2. The zero-order chi connectivity index (χ0) is 14.4. The molecule has 19 heavy (non-hydrogen) atoms. The van der Waals surface area contributed by atoms with E-state index in [1.807, 2.05) is 6.92 Å². The third kappa shape index (κ3) is 4.31. The predicted octanol–water partition coefficient (Wildman–Crippen LogP) is 1.87. The Labute approximate surface area is 112 Å². The second kappa shape index (κ2) is 6.82. The molecule has 0 aromatic carbocycles. The van der Waals surface area contributed by atoms with Crippen molar-refractivity contribution in [2.75, 3.05) is 20.1 Å². The summed E-state index contributed by atoms with van der Waals surface area (Å²) in [7, 11) is 1.68. The Balaban J connectivity index is 2.59. The minimum absolute atomic E-state index is 0.184. The van der Waals surface area contributed by atoms with Gasteiger partial charge >= 0.3 is 12.0 Å². The van der Waals surface area contributed by atoms with Gasteiger partial charge in [0, 0.05) is 25.7 Å². The Bertz CT molecular complexity index is 416. The van der Waals surface area contributed by atoms with Crippen molar-refractivity contribution in [1.82, 2.24) is 9.80 Å². The Hall–Kier alpha value is -1.98. The van der Waals surface area contributed by atoms with E-state index in [9.17, 15) is 9.59 Å². The van der Waals surface area contributed by atoms with Crippen molar-refractivity contribution in [3.05, 3.63) is 24.2 Å². The maximum Gasteiger partial charge on any atom is 0.320 e. The largest absolute Gasteiger partial charge is 0.481 e. The molecule has 6 heteroatoms. The zero-order valence-corrected chi connectivity index (χ0v) is 11.5. The molecule has 106 valence electrons. The number of aliphatic carboxylic acids is 1. The lowest BCUT2D eigenvalue weighted by Crippen LogP contribution is -2.43. The summed E-state index contributed by atoms with van der Waals surface area (Å²) >= 11 is 0. The second-order valence-corrected chi connectivity index (χ2v) is 4.55. The van der Waals surface area contributed by atoms with E-state index >= 15 is 0 Å². The Kier molecular flexibility index (Phi) is 5.41. The van der Waals surface area contributed by atoms with Gasteiger partial charge in [0.25, 0.3) is 0 Å². The van der Waals surface area contributed by atoms with Gasteiger partial charge < -0.3 is 19.3 Å². The summed E-state index contributed by atoms with van der Waals surface area (Å²) in [6.07, 6.45) is 3.14. The van der Waals surface area contributed by atoms with Crippen LogP contribution in [0.2, 0.25) is 0 Å². The molecule has 1 aromatic rings. The Morgan fingerprint density at radius 1 is 1.47 bits per heavy atom. The molecular formula is C13H20N2O4. The summed E-state index contributed by atoms with van der Waals surface area (Å²) in [6, 6.07) is 1.61. The van der Waals surface area contributed by atoms with Crippen LogP contribution in [-0.2, 0) is 11.3 Å². The number of carboxylic acid groups (broad SMARTS) is 1. The quantitative estimate of drug-likeness (QED) is 0.854. The molecule has 1 aromatic heterocycles. The monoisotopic (exact) mass is 268 g/mol. The highest BCUT2D eigenvalue weighted by atomic mass is 16.4. The molecule has 1 atom stereocenters. The molecular weight excluding hydrogens is 248 g/mol. The van der Waals surface area contributed by atoms with Crippen LogP contribution in [0.5, 0.6) is 0 Å². The van der Waals surface area contributed by atoms with Crippen LogP contribution < -0.4 is 0 Å². The van der Waals surface area contributed by atoms with Crippen LogP contribution in [0, 0.1) is 5.92 Å². The van der Waals surface area contributed by atoms with Gasteiger partial charge in [-0.3, -0.25) is 4.79 Å². The van der Waals surface area contributed by atoms with E-state index in [0.29, 0.717) is 13.1 Å². The molecule has 1 unspecified atom stereocenters. The minimum Gasteiger partial charge on any atom is -0.481 e. The van der Waals surface area contributed by atoms with E-state index in [2.05, 4.69) is 0 Å². The molecule has 6 nitrogen and oxygen atoms in total. The standard InChI is InChI=1S/C13H20N2O4/c1-4-15(7-10(2)12(16)17)13(18)14(3)8-11-5-6-19-9-11/h5-6,9-10H,4,7-8H2,1-3H3,(H,16,17). The van der Waals surface area contributed by atoms with Gasteiger partial charge in [-0.25, -0.2) is 4.79 Å². The first kappa shape index (κ1) is 15.1. The predicted molar refractivity (Wildman–Crippen MR) is 69.6 cm³/mol. The van der Waals surface area contributed by atoms with Crippen LogP contribution in [0.1, 0.15) is 19.4 Å². The van der Waals surface area contributed by atoms with Gasteiger partial charge in [-0.2, -0.15) is 0 Å². The van der Waals surface area contributed by atoms with Gasteiger partial charge in [-0.15, -0.1) is 0 Å². The van der Waals surface area contributed by atoms with Crippen LogP contribution in [0.15, 0.2) is 23.0 Å². The third-order valence-electron chi connectivity index (χ3n) is 2.89. The number of amides is 2. The van der Waals surface area contributed by atoms with Crippen molar-refractivity contribution >= 4 is 12.0 Å². The molecule has 0 saturated heterocycles. The van der Waals surface area contributed by atoms with Crippen LogP contribution >= 0.6 is 0 Å². The molecule has 0 bridgehead atoms. The molecule has 0 fully saturated rings. The van der Waals surface area contributed by atoms with Crippen molar-refractivity contribution < 1.29 is 19.1 Å². The van der Waals surface area contributed by atoms with E-state index in [0.717, 1.165) is 5.56 Å². The van der Waals surface area contributed by atoms with Gasteiger partial charge in [-0.1, -0.05) is 6.92 Å². The van der Waals surface area contributed by atoms with Crippen molar-refractivity contribution in [2.45, 2.75) is 20.4 Å². The second-order valence-electron chi connectivity index (χ2n) is 4.55. The molecule has 0 aliphatic heterocycles. The van der Waals surface area contributed by atoms with Crippen molar-refractivity contribution in [3.8, 4) is 0 Å². The highest BCUT2D eigenvalue weighted by Gasteiger charge is 2.21. The summed E-state index contributed by atoms with van der Waals surface area (Å²) in [5.41, 5.74) is 0.901. The fourth-order valence-electron chi connectivity index (χ4n) is 1.72. The molecule has 0 saturated carbocycles. The Morgan fingerprint density at radius 2 is 2.16 bits per heavy atom. The number of hydrogen-bond donors (Lipinski definition) is 1. The highest BCUT2D eigenvalue weighted by molar-refractivity contribution is 5.75. The van der Waals surface area contributed by atoms with Gasteiger partial charge in [0.1, 0.15) is 0 Å². The minimum atomic E-state index is -0.899. The van der Waals surface area contributed by atoms with E-state index in [1.165, 1.54) is 4.90 Å². The third-order valence-corrected chi connectivity index (χ3v) is 2.89. The van der Waals surface area contributed by atoms with Crippen LogP contribution in [0.25, 0.3) is 0 Å². The molecule has 1 N–H and O–H groups in total. The zero-order valence-electron chi connectivity index (χ0n) is 11.5. The first-order valence-corrected chi connectivity index (χ1v) is 6.19. The highest BCUT2D eigenvalue weighted by Crippen LogP contribution is 2.08. The molecule has 0 radical (unpaired) electrons. The lowest BCUT2D eigenvalue weighted by Gasteiger charge is -2.28. The number of carbonyl (C=O) groups is 2. The van der Waals surface area contributed by atoms with E-state index < -0.39 is 11.9 Å². The van der Waals surface area contributed by atoms with E-state index in [4.69, 9.17) is 9.52 Å². The average molecular weight is 268 g/mol. The number of rotatable bonds is 6. The summed E-state index contributed by atoms with van der Waals surface area (Å²) in [5, 5.41) is 8.89. The molecule has 2 amide bonds. The fourth-order valence-corrected chi connectivity index (χ4v) is 1.72. The lowest BCUT2D eigenvalue weighted by molar-refractivity contribution is -0.141. The van der Waals surface area contributed by atoms with Gasteiger partial charge in [-0.05, 0) is 13.0 Å². The summed E-state index contributed by atoms with van der Waals surface area (Å²) in [6.45, 7) is 4.55. The number of carboxylic acids is 1. The van der Waals surface area contributed by atoms with Gasteiger partial charge in [0.05, 0.1) is 25.0 Å². The van der Waals surface area contributed by atoms with Crippen molar-refractivity contribution in [3.63, 3.8) is 0 Å². The maximum atomic E-state index is 12.2. The molecule has 1 heterocycles. The number of furan rings is 1. The van der Waals surface area contributed by atoms with E-state index in [1.54, 1.807) is 37.5 Å². The molecule has 0 aliphatic rings. The molecule has 1 rings (SSSR count). The SMILES string of the molecule is CCN(CC(C)C(=O)O)C(=O)N(C)Cc1ccoc1. The summed E-state index contributed by atoms with van der Waals surface area (Å²) in [4.78, 5) is 26.1. The van der Waals surface area contributed by atoms with Crippen LogP contribution in [0.4, 0.5) is 4.79 Å². The number of nitrogens with zero attached hydrogens (tertiary/aromatic N) is 2. The maximum absolute atomic E-state index is 12.2. The van der Waals surface area contributed by atoms with Gasteiger partial charge in [0.2, 0.25) is 0 Å². The molecule has 0 aliphatic carbocycles. The van der Waals surface area contributed by atoms with Crippen LogP contribution in [-0.4, -0.2) is 47.0 Å². The average Bonchev–Trinajstić information content (AvgIpc) is 2.87. The Morgan fingerprint density at radius 3 is 2.63 bits per heavy atom. The smallest absolute Gasteiger partial charge is 0.320 e. The normalized spacial score (nSPS) is 11.9. The summed E-state index contributed by atoms with van der Waals surface area (Å²) in [5.74, 6) is -1.48. The first-order chi connectivity index (χ1) is 8.95. The van der Waals surface area contributed by atoms with E-state index in [-0.39, 0.29) is 12.6 Å². The first-order valence-electron chi connectivity index (χ1n) is 6.19. The van der Waals surface area contributed by atoms with Crippen molar-refractivity contribution in [2.24, 2.45) is 5.92 Å². The number of hydrogen-bond acceptors (Lipinski definition) is 3. The van der Waals surface area contributed by atoms with Crippen LogP contribution in [0.3, 0.4) is 0 Å². The molecule has 0 spiro atoms. The summed E-state index contributed by atoms with van der Waals surface area (Å²) < 4.78 is 4.95. The topological polar surface area (TPSA) is 74.0 Å². The number of carbonyl (C=O) groups excluding carboxylic acids is 1. The number of urea groups is 1. The fraction of sp³-hybridized carbons (Fsp3) is 0.538.